The van der Waals surface area contributed by atoms with Crippen molar-refractivity contribution in [3.8, 4) is 5.88 Å². The minimum absolute atomic E-state index is 0.167. The standard InChI is InChI=1S/C11H10NO/c1-7-5-8(2)11-9(6-7)3-4-10(13)12-11/h3-6H,1-2H3. The minimum Gasteiger partial charge on any atom is -0.267 e. The van der Waals surface area contributed by atoms with Gasteiger partial charge in [0.25, 0.3) is 5.88 Å². The minimum atomic E-state index is -0.167. The van der Waals surface area contributed by atoms with Gasteiger partial charge in [0.15, 0.2) is 0 Å². The lowest BCUT2D eigenvalue weighted by Crippen LogP contribution is -1.84. The summed E-state index contributed by atoms with van der Waals surface area (Å²) in [5, 5.41) is 12.0. The molecule has 2 heteroatoms. The van der Waals surface area contributed by atoms with Crippen molar-refractivity contribution < 1.29 is 5.11 Å². The first kappa shape index (κ1) is 8.05. The van der Waals surface area contributed by atoms with E-state index in [-0.39, 0.29) is 5.88 Å². The molecule has 2 nitrogen and oxygen atoms in total. The molecular formula is C11H10NO. The molecule has 0 aliphatic carbocycles. The van der Waals surface area contributed by atoms with Crippen molar-refractivity contribution >= 4 is 10.9 Å². The van der Waals surface area contributed by atoms with E-state index in [2.05, 4.69) is 4.98 Å². The molecule has 0 saturated heterocycles. The predicted molar refractivity (Wildman–Crippen MR) is 51.3 cm³/mol. The van der Waals surface area contributed by atoms with Gasteiger partial charge in [-0.3, -0.25) is 5.11 Å². The average Bonchev–Trinajstić information content (AvgIpc) is 2.06. The van der Waals surface area contributed by atoms with Crippen LogP contribution in [0.15, 0.2) is 24.3 Å². The number of aryl methyl sites for hydroxylation is 2. The molecule has 0 aliphatic heterocycles. The summed E-state index contributed by atoms with van der Waals surface area (Å²) in [7, 11) is 0. The van der Waals surface area contributed by atoms with E-state index in [4.69, 9.17) is 0 Å². The lowest BCUT2D eigenvalue weighted by Gasteiger charge is -2.02. The maximum Gasteiger partial charge on any atom is 0.270 e. The zero-order chi connectivity index (χ0) is 9.42. The molecule has 13 heavy (non-hydrogen) atoms. The van der Waals surface area contributed by atoms with E-state index in [1.165, 1.54) is 11.6 Å². The van der Waals surface area contributed by atoms with Gasteiger partial charge in [-0.15, -0.1) is 0 Å². The van der Waals surface area contributed by atoms with Gasteiger partial charge in [0.05, 0.1) is 5.52 Å². The number of fused-ring (bicyclic) bond motifs is 1. The third-order valence-electron chi connectivity index (χ3n) is 2.10. The van der Waals surface area contributed by atoms with Crippen molar-refractivity contribution in [2.45, 2.75) is 13.8 Å². The molecule has 0 aliphatic rings. The van der Waals surface area contributed by atoms with Crippen LogP contribution in [0.3, 0.4) is 0 Å². The van der Waals surface area contributed by atoms with Crippen LogP contribution in [0.4, 0.5) is 0 Å². The van der Waals surface area contributed by atoms with Gasteiger partial charge < -0.3 is 0 Å². The van der Waals surface area contributed by atoms with Crippen LogP contribution in [0.1, 0.15) is 11.1 Å². The van der Waals surface area contributed by atoms with E-state index < -0.39 is 0 Å². The third-order valence-corrected chi connectivity index (χ3v) is 2.10. The van der Waals surface area contributed by atoms with Gasteiger partial charge in [-0.05, 0) is 31.5 Å². The van der Waals surface area contributed by atoms with E-state index in [0.29, 0.717) is 0 Å². The Morgan fingerprint density at radius 2 is 1.92 bits per heavy atom. The zero-order valence-electron chi connectivity index (χ0n) is 7.66. The van der Waals surface area contributed by atoms with E-state index in [1.54, 1.807) is 0 Å². The molecule has 2 aromatic rings. The summed E-state index contributed by atoms with van der Waals surface area (Å²) in [5.41, 5.74) is 3.08. The first-order valence-electron chi connectivity index (χ1n) is 4.22. The lowest BCUT2D eigenvalue weighted by molar-refractivity contribution is 0.339. The van der Waals surface area contributed by atoms with Crippen LogP contribution >= 0.6 is 0 Å². The Morgan fingerprint density at radius 1 is 1.15 bits per heavy atom. The maximum absolute atomic E-state index is 11.0. The molecule has 0 amide bonds. The van der Waals surface area contributed by atoms with E-state index >= 15 is 0 Å². The molecule has 1 aromatic carbocycles. The molecule has 2 rings (SSSR count). The normalized spacial score (nSPS) is 10.6. The van der Waals surface area contributed by atoms with Crippen molar-refractivity contribution in [1.29, 1.82) is 0 Å². The van der Waals surface area contributed by atoms with Crippen molar-refractivity contribution in [3.63, 3.8) is 0 Å². The Kier molecular flexibility index (Phi) is 1.69. The van der Waals surface area contributed by atoms with Gasteiger partial charge in [-0.1, -0.05) is 11.6 Å². The van der Waals surface area contributed by atoms with Crippen LogP contribution in [-0.2, 0) is 5.11 Å². The summed E-state index contributed by atoms with van der Waals surface area (Å²) in [6, 6.07) is 7.40. The monoisotopic (exact) mass is 172 g/mol. The number of pyridine rings is 1. The van der Waals surface area contributed by atoms with Crippen LogP contribution in [0.2, 0.25) is 0 Å². The lowest BCUT2D eigenvalue weighted by atomic mass is 10.1. The molecule has 0 fully saturated rings. The van der Waals surface area contributed by atoms with Gasteiger partial charge in [0.2, 0.25) is 0 Å². The molecule has 0 bridgehead atoms. The fourth-order valence-corrected chi connectivity index (χ4v) is 1.58. The maximum atomic E-state index is 11.0. The third kappa shape index (κ3) is 1.35. The van der Waals surface area contributed by atoms with Crippen LogP contribution in [0.5, 0.6) is 5.88 Å². The number of rotatable bonds is 0. The van der Waals surface area contributed by atoms with Crippen molar-refractivity contribution in [1.82, 2.24) is 4.98 Å². The second-order valence-electron chi connectivity index (χ2n) is 3.30. The Labute approximate surface area is 76.9 Å². The van der Waals surface area contributed by atoms with Crippen LogP contribution < -0.4 is 0 Å². The predicted octanol–water partition coefficient (Wildman–Crippen LogP) is 3.00. The molecule has 0 atom stereocenters. The summed E-state index contributed by atoms with van der Waals surface area (Å²) in [4.78, 5) is 3.96. The van der Waals surface area contributed by atoms with Gasteiger partial charge in [-0.25, -0.2) is 4.98 Å². The fourth-order valence-electron chi connectivity index (χ4n) is 1.58. The first-order valence-corrected chi connectivity index (χ1v) is 4.22. The zero-order valence-corrected chi connectivity index (χ0v) is 7.66. The number of hydrogen-bond acceptors (Lipinski definition) is 1. The smallest absolute Gasteiger partial charge is 0.267 e. The summed E-state index contributed by atoms with van der Waals surface area (Å²) in [6.07, 6.45) is 0. The van der Waals surface area contributed by atoms with Gasteiger partial charge in [0, 0.05) is 11.5 Å². The van der Waals surface area contributed by atoms with Gasteiger partial charge in [-0.2, -0.15) is 0 Å². The highest BCUT2D eigenvalue weighted by Crippen LogP contribution is 2.20. The Hall–Kier alpha value is -1.57. The van der Waals surface area contributed by atoms with E-state index in [9.17, 15) is 5.11 Å². The Morgan fingerprint density at radius 3 is 2.69 bits per heavy atom. The van der Waals surface area contributed by atoms with Gasteiger partial charge in [0.1, 0.15) is 0 Å². The molecular weight excluding hydrogens is 162 g/mol. The molecule has 0 unspecified atom stereocenters. The van der Waals surface area contributed by atoms with Gasteiger partial charge >= 0.3 is 0 Å². The molecule has 65 valence electrons. The number of nitrogens with zero attached hydrogens (tertiary/aromatic N) is 1. The number of hydrogen-bond donors (Lipinski definition) is 0. The number of aromatic nitrogens is 1. The summed E-state index contributed by atoms with van der Waals surface area (Å²) in [6.45, 7) is 4.01. The van der Waals surface area contributed by atoms with Crippen LogP contribution in [-0.4, -0.2) is 4.98 Å². The molecule has 1 aromatic heterocycles. The second kappa shape index (κ2) is 2.73. The van der Waals surface area contributed by atoms with Crippen LogP contribution in [0, 0.1) is 13.8 Å². The van der Waals surface area contributed by atoms with E-state index in [1.807, 2.05) is 32.0 Å². The Balaban J connectivity index is 2.87. The summed E-state index contributed by atoms with van der Waals surface area (Å²) >= 11 is 0. The SMILES string of the molecule is Cc1cc(C)c2nc([O])ccc2c1. The summed E-state index contributed by atoms with van der Waals surface area (Å²) < 4.78 is 0. The molecule has 0 spiro atoms. The molecule has 1 heterocycles. The largest absolute Gasteiger partial charge is 0.270 e. The van der Waals surface area contributed by atoms with Crippen molar-refractivity contribution in [3.05, 3.63) is 35.4 Å². The topological polar surface area (TPSA) is 32.8 Å². The number of benzene rings is 1. The first-order chi connectivity index (χ1) is 6.16. The van der Waals surface area contributed by atoms with Crippen molar-refractivity contribution in [2.24, 2.45) is 0 Å². The average molecular weight is 172 g/mol. The second-order valence-corrected chi connectivity index (χ2v) is 3.30. The Bertz CT molecular complexity index is 463. The van der Waals surface area contributed by atoms with Crippen LogP contribution in [0.25, 0.3) is 10.9 Å². The molecule has 0 saturated carbocycles. The highest BCUT2D eigenvalue weighted by molar-refractivity contribution is 5.82. The molecule has 0 N–H and O–H groups in total. The van der Waals surface area contributed by atoms with Crippen molar-refractivity contribution in [2.75, 3.05) is 0 Å². The van der Waals surface area contributed by atoms with E-state index in [0.717, 1.165) is 16.5 Å². The highest BCUT2D eigenvalue weighted by Gasteiger charge is 2.01. The summed E-state index contributed by atoms with van der Waals surface area (Å²) in [5.74, 6) is -0.167. The fraction of sp³-hybridized carbons (Fsp3) is 0.182. The highest BCUT2D eigenvalue weighted by atomic mass is 16.3. The molecule has 1 radical (unpaired) electrons. The quantitative estimate of drug-likeness (QED) is 0.601.